The molecular formula is C29H29N3O2. The Morgan fingerprint density at radius 3 is 2.15 bits per heavy atom. The van der Waals surface area contributed by atoms with E-state index in [1.54, 1.807) is 4.68 Å². The van der Waals surface area contributed by atoms with Crippen molar-refractivity contribution in [1.82, 2.24) is 9.78 Å². The minimum absolute atomic E-state index is 0.354. The summed E-state index contributed by atoms with van der Waals surface area (Å²) >= 11 is 0. The lowest BCUT2D eigenvalue weighted by Gasteiger charge is -2.15. The van der Waals surface area contributed by atoms with Crippen LogP contribution in [0.25, 0.3) is 22.4 Å². The molecule has 172 valence electrons. The van der Waals surface area contributed by atoms with Crippen LogP contribution in [0, 0.1) is 6.92 Å². The first-order chi connectivity index (χ1) is 16.5. The maximum Gasteiger partial charge on any atom is 0.412 e. The molecule has 1 N–H and O–H groups in total. The first-order valence-electron chi connectivity index (χ1n) is 11.8. The highest BCUT2D eigenvalue weighted by Gasteiger charge is 2.23. The number of aryl methyl sites for hydroxylation is 2. The predicted molar refractivity (Wildman–Crippen MR) is 136 cm³/mol. The number of benzene rings is 3. The largest absolute Gasteiger partial charge is 0.441 e. The van der Waals surface area contributed by atoms with Crippen molar-refractivity contribution in [3.05, 3.63) is 95.7 Å². The fourth-order valence-corrected chi connectivity index (χ4v) is 4.41. The molecular weight excluding hydrogens is 422 g/mol. The van der Waals surface area contributed by atoms with Crippen molar-refractivity contribution in [2.24, 2.45) is 7.05 Å². The summed E-state index contributed by atoms with van der Waals surface area (Å²) in [6.45, 7) is 3.75. The Labute approximate surface area is 200 Å². The monoisotopic (exact) mass is 451 g/mol. The number of ether oxygens (including phenoxy) is 1. The SMILES string of the molecule is Cc1nn(C)c(-c2ccc(-c3ccc(C4CC4)cc3)cc2)c1NC(=O)OC(C)c1ccccc1. The summed E-state index contributed by atoms with van der Waals surface area (Å²) in [7, 11) is 1.88. The topological polar surface area (TPSA) is 56.2 Å². The van der Waals surface area contributed by atoms with Gasteiger partial charge < -0.3 is 4.74 Å². The van der Waals surface area contributed by atoms with Crippen LogP contribution in [0.4, 0.5) is 10.5 Å². The molecule has 1 unspecified atom stereocenters. The van der Waals surface area contributed by atoms with Gasteiger partial charge in [-0.1, -0.05) is 78.9 Å². The highest BCUT2D eigenvalue weighted by molar-refractivity contribution is 5.92. The standard InChI is InChI=1S/C29H29N3O2/c1-19-27(30-29(33)34-20(2)21-7-5-4-6-8-21)28(32(3)31-19)26-17-15-25(16-18-26)24-13-11-23(12-14-24)22-9-10-22/h4-8,11-18,20,22H,9-10H2,1-3H3,(H,30,33). The van der Waals surface area contributed by atoms with Gasteiger partial charge in [0, 0.05) is 12.6 Å². The third kappa shape index (κ3) is 4.60. The second-order valence-corrected chi connectivity index (χ2v) is 8.99. The van der Waals surface area contributed by atoms with E-state index < -0.39 is 6.09 Å². The quantitative estimate of drug-likeness (QED) is 0.336. The van der Waals surface area contributed by atoms with Gasteiger partial charge in [0.2, 0.25) is 0 Å². The molecule has 1 aliphatic carbocycles. The van der Waals surface area contributed by atoms with Crippen LogP contribution in [-0.4, -0.2) is 15.9 Å². The molecule has 0 spiro atoms. The van der Waals surface area contributed by atoms with Crippen molar-refractivity contribution in [2.45, 2.75) is 38.7 Å². The number of nitrogens with one attached hydrogen (secondary N) is 1. The van der Waals surface area contributed by atoms with E-state index in [9.17, 15) is 4.79 Å². The van der Waals surface area contributed by atoms with Gasteiger partial charge in [0.05, 0.1) is 17.1 Å². The average Bonchev–Trinajstić information content (AvgIpc) is 3.66. The minimum atomic E-state index is -0.499. The lowest BCUT2D eigenvalue weighted by Crippen LogP contribution is -2.16. The van der Waals surface area contributed by atoms with Gasteiger partial charge in [-0.25, -0.2) is 4.79 Å². The van der Waals surface area contributed by atoms with Gasteiger partial charge in [-0.2, -0.15) is 5.10 Å². The Balaban J connectivity index is 1.34. The maximum atomic E-state index is 12.7. The van der Waals surface area contributed by atoms with Crippen LogP contribution in [-0.2, 0) is 11.8 Å². The van der Waals surface area contributed by atoms with Crippen LogP contribution in [0.3, 0.4) is 0 Å². The smallest absolute Gasteiger partial charge is 0.412 e. The number of hydrogen-bond acceptors (Lipinski definition) is 3. The molecule has 1 fully saturated rings. The number of anilines is 1. The molecule has 5 nitrogen and oxygen atoms in total. The van der Waals surface area contributed by atoms with E-state index in [-0.39, 0.29) is 6.10 Å². The second-order valence-electron chi connectivity index (χ2n) is 8.99. The lowest BCUT2D eigenvalue weighted by atomic mass is 10.00. The van der Waals surface area contributed by atoms with Crippen LogP contribution >= 0.6 is 0 Å². The predicted octanol–water partition coefficient (Wildman–Crippen LogP) is 7.25. The van der Waals surface area contributed by atoms with Crippen molar-refractivity contribution in [3.8, 4) is 22.4 Å². The van der Waals surface area contributed by atoms with Crippen molar-refractivity contribution < 1.29 is 9.53 Å². The molecule has 1 aromatic heterocycles. The Morgan fingerprint density at radius 2 is 1.53 bits per heavy atom. The molecule has 5 rings (SSSR count). The summed E-state index contributed by atoms with van der Waals surface area (Å²) < 4.78 is 7.41. The van der Waals surface area contributed by atoms with Crippen LogP contribution < -0.4 is 5.32 Å². The average molecular weight is 452 g/mol. The molecule has 1 atom stereocenters. The molecule has 0 aliphatic heterocycles. The molecule has 1 amide bonds. The van der Waals surface area contributed by atoms with Gasteiger partial charge in [-0.05, 0) is 54.9 Å². The second kappa shape index (κ2) is 9.18. The number of amides is 1. The summed E-state index contributed by atoms with van der Waals surface area (Å²) in [5.41, 5.74) is 7.97. The molecule has 5 heteroatoms. The Bertz CT molecular complexity index is 1290. The number of nitrogens with zero attached hydrogens (tertiary/aromatic N) is 2. The molecule has 0 saturated heterocycles. The Hall–Kier alpha value is -3.86. The highest BCUT2D eigenvalue weighted by Crippen LogP contribution is 2.40. The van der Waals surface area contributed by atoms with E-state index in [0.29, 0.717) is 5.69 Å². The van der Waals surface area contributed by atoms with Crippen molar-refractivity contribution in [2.75, 3.05) is 5.32 Å². The normalized spacial score (nSPS) is 14.0. The van der Waals surface area contributed by atoms with Crippen molar-refractivity contribution in [1.29, 1.82) is 0 Å². The summed E-state index contributed by atoms with van der Waals surface area (Å²) in [5.74, 6) is 0.762. The number of carbonyl (C=O) groups excluding carboxylic acids is 1. The number of rotatable bonds is 6. The molecule has 1 aliphatic rings. The summed E-state index contributed by atoms with van der Waals surface area (Å²) in [5, 5.41) is 7.46. The van der Waals surface area contributed by atoms with E-state index in [1.807, 2.05) is 51.2 Å². The van der Waals surface area contributed by atoms with Crippen LogP contribution in [0.1, 0.15) is 48.6 Å². The first-order valence-corrected chi connectivity index (χ1v) is 11.8. The van der Waals surface area contributed by atoms with Gasteiger partial charge >= 0.3 is 6.09 Å². The summed E-state index contributed by atoms with van der Waals surface area (Å²) in [4.78, 5) is 12.7. The van der Waals surface area contributed by atoms with E-state index >= 15 is 0 Å². The van der Waals surface area contributed by atoms with Crippen molar-refractivity contribution in [3.63, 3.8) is 0 Å². The fraction of sp³-hybridized carbons (Fsp3) is 0.241. The molecule has 0 bridgehead atoms. The van der Waals surface area contributed by atoms with Gasteiger partial charge in [-0.3, -0.25) is 10.00 Å². The maximum absolute atomic E-state index is 12.7. The van der Waals surface area contributed by atoms with Crippen molar-refractivity contribution >= 4 is 11.8 Å². The molecule has 4 aromatic rings. The molecule has 1 heterocycles. The van der Waals surface area contributed by atoms with E-state index in [0.717, 1.165) is 34.0 Å². The zero-order valence-electron chi connectivity index (χ0n) is 19.8. The van der Waals surface area contributed by atoms with Gasteiger partial charge in [-0.15, -0.1) is 0 Å². The fourth-order valence-electron chi connectivity index (χ4n) is 4.41. The first kappa shape index (κ1) is 22.0. The number of hydrogen-bond donors (Lipinski definition) is 1. The molecule has 0 radical (unpaired) electrons. The third-order valence-electron chi connectivity index (χ3n) is 6.45. The Morgan fingerprint density at radius 1 is 0.941 bits per heavy atom. The molecule has 1 saturated carbocycles. The number of carbonyl (C=O) groups is 1. The van der Waals surface area contributed by atoms with E-state index in [2.05, 4.69) is 58.9 Å². The minimum Gasteiger partial charge on any atom is -0.441 e. The van der Waals surface area contributed by atoms with Crippen LogP contribution in [0.15, 0.2) is 78.9 Å². The van der Waals surface area contributed by atoms with Crippen LogP contribution in [0.5, 0.6) is 0 Å². The highest BCUT2D eigenvalue weighted by atomic mass is 16.6. The van der Waals surface area contributed by atoms with Gasteiger partial charge in [0.15, 0.2) is 0 Å². The van der Waals surface area contributed by atoms with E-state index in [1.165, 1.54) is 24.0 Å². The van der Waals surface area contributed by atoms with Crippen LogP contribution in [0.2, 0.25) is 0 Å². The zero-order chi connectivity index (χ0) is 23.7. The summed E-state index contributed by atoms with van der Waals surface area (Å²) in [6, 6.07) is 27.0. The van der Waals surface area contributed by atoms with E-state index in [4.69, 9.17) is 4.74 Å². The third-order valence-corrected chi connectivity index (χ3v) is 6.45. The summed E-state index contributed by atoms with van der Waals surface area (Å²) in [6.07, 6.45) is 1.77. The molecule has 34 heavy (non-hydrogen) atoms. The van der Waals surface area contributed by atoms with Gasteiger partial charge in [0.1, 0.15) is 6.10 Å². The van der Waals surface area contributed by atoms with Gasteiger partial charge in [0.25, 0.3) is 0 Å². The Kier molecular flexibility index (Phi) is 5.93. The zero-order valence-corrected chi connectivity index (χ0v) is 19.8. The lowest BCUT2D eigenvalue weighted by molar-refractivity contribution is 0.121. The molecule has 3 aromatic carbocycles. The number of aromatic nitrogens is 2.